The monoisotopic (exact) mass is 421 g/mol. The number of carbonyl (C=O) groups is 4. The summed E-state index contributed by atoms with van der Waals surface area (Å²) in [7, 11) is 0. The van der Waals surface area contributed by atoms with Gasteiger partial charge in [-0.3, -0.25) is 24.1 Å². The van der Waals surface area contributed by atoms with Gasteiger partial charge in [0, 0.05) is 31.6 Å². The molecule has 0 bridgehead atoms. The van der Waals surface area contributed by atoms with Crippen molar-refractivity contribution < 1.29 is 19.2 Å². The van der Waals surface area contributed by atoms with Crippen LogP contribution in [-0.4, -0.2) is 48.2 Å². The third-order valence-corrected chi connectivity index (χ3v) is 5.19. The highest BCUT2D eigenvalue weighted by molar-refractivity contribution is 6.21. The zero-order chi connectivity index (χ0) is 22.6. The number of benzene rings is 2. The van der Waals surface area contributed by atoms with Gasteiger partial charge in [-0.15, -0.1) is 0 Å². The maximum absolute atomic E-state index is 12.3. The molecule has 1 aliphatic rings. The van der Waals surface area contributed by atoms with Crippen molar-refractivity contribution >= 4 is 23.6 Å². The summed E-state index contributed by atoms with van der Waals surface area (Å²) in [4.78, 5) is 50.0. The Labute approximate surface area is 181 Å². The summed E-state index contributed by atoms with van der Waals surface area (Å²) in [5.41, 5.74) is 2.46. The molecule has 0 atom stereocenters. The molecule has 2 aromatic carbocycles. The van der Waals surface area contributed by atoms with E-state index in [4.69, 9.17) is 0 Å². The fraction of sp³-hybridized carbons (Fsp3) is 0.333. The smallest absolute Gasteiger partial charge is 0.261 e. The fourth-order valence-corrected chi connectivity index (χ4v) is 3.35. The van der Waals surface area contributed by atoms with Crippen molar-refractivity contribution in [2.75, 3.05) is 19.6 Å². The second kappa shape index (κ2) is 9.12. The summed E-state index contributed by atoms with van der Waals surface area (Å²) in [6.45, 7) is 6.88. The van der Waals surface area contributed by atoms with Crippen LogP contribution in [0.5, 0.6) is 0 Å². The molecule has 0 spiro atoms. The average molecular weight is 421 g/mol. The number of imide groups is 1. The molecule has 0 fully saturated rings. The zero-order valence-corrected chi connectivity index (χ0v) is 18.0. The summed E-state index contributed by atoms with van der Waals surface area (Å²) < 4.78 is 0. The Morgan fingerprint density at radius 1 is 0.839 bits per heavy atom. The van der Waals surface area contributed by atoms with Crippen LogP contribution in [-0.2, 0) is 10.2 Å². The van der Waals surface area contributed by atoms with E-state index in [1.165, 1.54) is 0 Å². The third-order valence-electron chi connectivity index (χ3n) is 5.19. The predicted molar refractivity (Wildman–Crippen MR) is 117 cm³/mol. The Morgan fingerprint density at radius 3 is 1.94 bits per heavy atom. The quantitative estimate of drug-likeness (QED) is 0.530. The lowest BCUT2D eigenvalue weighted by Gasteiger charge is -2.19. The van der Waals surface area contributed by atoms with Crippen LogP contribution in [0.15, 0.2) is 48.5 Å². The van der Waals surface area contributed by atoms with Crippen molar-refractivity contribution in [3.8, 4) is 0 Å². The average Bonchev–Trinajstić information content (AvgIpc) is 2.99. The number of hydrogen-bond acceptors (Lipinski definition) is 4. The number of rotatable bonds is 7. The first-order chi connectivity index (χ1) is 14.7. The molecule has 2 aromatic rings. The predicted octanol–water partition coefficient (Wildman–Crippen LogP) is 2.52. The molecule has 0 aromatic heterocycles. The highest BCUT2D eigenvalue weighted by Gasteiger charge is 2.34. The second-order valence-corrected chi connectivity index (χ2v) is 8.49. The van der Waals surface area contributed by atoms with Crippen molar-refractivity contribution in [1.82, 2.24) is 15.5 Å². The Kier molecular flexibility index (Phi) is 6.53. The first-order valence-electron chi connectivity index (χ1n) is 10.3. The molecule has 0 saturated heterocycles. The Morgan fingerprint density at radius 2 is 1.39 bits per heavy atom. The van der Waals surface area contributed by atoms with Crippen LogP contribution >= 0.6 is 0 Å². The van der Waals surface area contributed by atoms with E-state index >= 15 is 0 Å². The fourth-order valence-electron chi connectivity index (χ4n) is 3.35. The molecule has 162 valence electrons. The maximum Gasteiger partial charge on any atom is 0.261 e. The molecule has 1 aliphatic heterocycles. The number of amides is 4. The first-order valence-corrected chi connectivity index (χ1v) is 10.3. The summed E-state index contributed by atoms with van der Waals surface area (Å²) in [6, 6.07) is 14.1. The number of nitrogens with one attached hydrogen (secondary N) is 2. The van der Waals surface area contributed by atoms with E-state index < -0.39 is 0 Å². The minimum Gasteiger partial charge on any atom is -0.354 e. The van der Waals surface area contributed by atoms with E-state index in [0.717, 1.165) is 10.5 Å². The summed E-state index contributed by atoms with van der Waals surface area (Å²) in [5.74, 6) is -1.25. The summed E-state index contributed by atoms with van der Waals surface area (Å²) in [5, 5.41) is 5.45. The van der Waals surface area contributed by atoms with Gasteiger partial charge in [-0.1, -0.05) is 45.0 Å². The largest absolute Gasteiger partial charge is 0.354 e. The zero-order valence-electron chi connectivity index (χ0n) is 18.0. The summed E-state index contributed by atoms with van der Waals surface area (Å²) >= 11 is 0. The topological polar surface area (TPSA) is 95.6 Å². The molecule has 3 rings (SSSR count). The van der Waals surface area contributed by atoms with Crippen LogP contribution in [0.3, 0.4) is 0 Å². The molecule has 2 N–H and O–H groups in total. The third kappa shape index (κ3) is 5.17. The summed E-state index contributed by atoms with van der Waals surface area (Å²) in [6.07, 6.45) is 0.00762. The molecular weight excluding hydrogens is 394 g/mol. The molecule has 0 saturated carbocycles. The normalized spacial score (nSPS) is 13.2. The van der Waals surface area contributed by atoms with Gasteiger partial charge in [0.05, 0.1) is 11.1 Å². The van der Waals surface area contributed by atoms with Gasteiger partial charge in [-0.2, -0.15) is 0 Å². The number of carbonyl (C=O) groups excluding carboxylic acids is 4. The standard InChI is InChI=1S/C24H27N3O4/c1-24(2,3)17-10-8-16(9-11-17)21(29)26-14-13-25-20(28)12-15-27-22(30)18-6-4-5-7-19(18)23(27)31/h4-11H,12-15H2,1-3H3,(H,25,28)(H,26,29). The van der Waals surface area contributed by atoms with Crippen LogP contribution in [0.1, 0.15) is 63.8 Å². The van der Waals surface area contributed by atoms with Crippen molar-refractivity contribution in [3.63, 3.8) is 0 Å². The molecule has 31 heavy (non-hydrogen) atoms. The van der Waals surface area contributed by atoms with E-state index in [2.05, 4.69) is 31.4 Å². The number of nitrogens with zero attached hydrogens (tertiary/aromatic N) is 1. The number of hydrogen-bond donors (Lipinski definition) is 2. The molecule has 7 heteroatoms. The first kappa shape index (κ1) is 22.2. The maximum atomic E-state index is 12.3. The van der Waals surface area contributed by atoms with Gasteiger partial charge in [-0.25, -0.2) is 0 Å². The lowest BCUT2D eigenvalue weighted by Crippen LogP contribution is -2.37. The van der Waals surface area contributed by atoms with Crippen LogP contribution in [0.25, 0.3) is 0 Å². The molecule has 0 radical (unpaired) electrons. The van der Waals surface area contributed by atoms with Crippen LogP contribution < -0.4 is 10.6 Å². The van der Waals surface area contributed by atoms with E-state index in [1.54, 1.807) is 36.4 Å². The number of fused-ring (bicyclic) bond motifs is 1. The Hall–Kier alpha value is -3.48. The van der Waals surface area contributed by atoms with Gasteiger partial charge in [0.15, 0.2) is 0 Å². The molecule has 0 aliphatic carbocycles. The molecule has 0 unspecified atom stereocenters. The van der Waals surface area contributed by atoms with Gasteiger partial charge in [0.25, 0.3) is 17.7 Å². The minimum atomic E-state index is -0.377. The second-order valence-electron chi connectivity index (χ2n) is 8.49. The minimum absolute atomic E-state index is 0.00762. The van der Waals surface area contributed by atoms with E-state index in [0.29, 0.717) is 16.7 Å². The van der Waals surface area contributed by atoms with E-state index in [-0.39, 0.29) is 55.1 Å². The van der Waals surface area contributed by atoms with Gasteiger partial charge in [0.2, 0.25) is 5.91 Å². The Bertz CT molecular complexity index is 971. The van der Waals surface area contributed by atoms with E-state index in [9.17, 15) is 19.2 Å². The SMILES string of the molecule is CC(C)(C)c1ccc(C(=O)NCCNC(=O)CCN2C(=O)c3ccccc3C2=O)cc1. The van der Waals surface area contributed by atoms with Crippen molar-refractivity contribution in [2.45, 2.75) is 32.6 Å². The van der Waals surface area contributed by atoms with Gasteiger partial charge >= 0.3 is 0 Å². The van der Waals surface area contributed by atoms with Gasteiger partial charge in [-0.05, 0) is 35.2 Å². The highest BCUT2D eigenvalue weighted by atomic mass is 16.2. The lowest BCUT2D eigenvalue weighted by molar-refractivity contribution is -0.121. The molecular formula is C24H27N3O4. The van der Waals surface area contributed by atoms with E-state index in [1.807, 2.05) is 12.1 Å². The molecule has 4 amide bonds. The highest BCUT2D eigenvalue weighted by Crippen LogP contribution is 2.23. The van der Waals surface area contributed by atoms with Crippen LogP contribution in [0.4, 0.5) is 0 Å². The molecule has 1 heterocycles. The van der Waals surface area contributed by atoms with Crippen LogP contribution in [0, 0.1) is 0 Å². The molecule has 7 nitrogen and oxygen atoms in total. The Balaban J connectivity index is 1.39. The lowest BCUT2D eigenvalue weighted by atomic mass is 9.87. The van der Waals surface area contributed by atoms with Crippen molar-refractivity contribution in [3.05, 3.63) is 70.8 Å². The van der Waals surface area contributed by atoms with Crippen molar-refractivity contribution in [2.24, 2.45) is 0 Å². The van der Waals surface area contributed by atoms with Crippen LogP contribution in [0.2, 0.25) is 0 Å². The van der Waals surface area contributed by atoms with Gasteiger partial charge in [0.1, 0.15) is 0 Å². The van der Waals surface area contributed by atoms with Crippen molar-refractivity contribution in [1.29, 1.82) is 0 Å². The van der Waals surface area contributed by atoms with Gasteiger partial charge < -0.3 is 10.6 Å².